The molecule has 2 aliphatic rings. The number of primary amides is 1. The predicted octanol–water partition coefficient (Wildman–Crippen LogP) is -1.62. The maximum absolute atomic E-state index is 13.0. The monoisotopic (exact) mass is 332 g/mol. The molecule has 128 valence electrons. The fourth-order valence-corrected chi connectivity index (χ4v) is 3.37. The molecule has 0 fully saturated rings. The number of amides is 3. The molecular formula is C16H22N5O3+. The Bertz CT molecular complexity index is 720. The zero-order valence-electron chi connectivity index (χ0n) is 13.9. The third-order valence-corrected chi connectivity index (χ3v) is 4.91. The number of anilines is 1. The average Bonchev–Trinajstić information content (AvgIpc) is 2.96. The molecular weight excluding hydrogens is 310 g/mol. The van der Waals surface area contributed by atoms with Gasteiger partial charge >= 0.3 is 5.91 Å². The summed E-state index contributed by atoms with van der Waals surface area (Å²) >= 11 is 0. The molecule has 2 aliphatic heterocycles. The summed E-state index contributed by atoms with van der Waals surface area (Å²) in [4.78, 5) is 38.5. The highest BCUT2D eigenvalue weighted by Gasteiger charge is 2.55. The molecule has 0 radical (unpaired) electrons. The van der Waals surface area contributed by atoms with Crippen molar-refractivity contribution >= 4 is 23.5 Å². The lowest BCUT2D eigenvalue weighted by Gasteiger charge is -2.32. The maximum atomic E-state index is 13.0. The van der Waals surface area contributed by atoms with Gasteiger partial charge in [-0.2, -0.15) is 4.90 Å². The topological polar surface area (TPSA) is 108 Å². The number of nitrogens with one attached hydrogen (secondary N) is 2. The Balaban J connectivity index is 2.01. The van der Waals surface area contributed by atoms with Crippen LogP contribution in [0.2, 0.25) is 0 Å². The van der Waals surface area contributed by atoms with Crippen LogP contribution in [-0.4, -0.2) is 42.9 Å². The molecule has 4 N–H and O–H groups in total. The minimum Gasteiger partial charge on any atom is -0.366 e. The lowest BCUT2D eigenvalue weighted by Crippen LogP contribution is -2.67. The summed E-state index contributed by atoms with van der Waals surface area (Å²) in [5, 5.41) is 5.64. The molecule has 4 atom stereocenters. The number of likely N-dealkylation sites (N-methyl/N-ethyl adjacent to an activating group) is 1. The van der Waals surface area contributed by atoms with Crippen LogP contribution in [0.25, 0.3) is 0 Å². The largest absolute Gasteiger partial charge is 0.366 e. The smallest absolute Gasteiger partial charge is 0.337 e. The quantitative estimate of drug-likeness (QED) is 0.576. The first-order valence-electron chi connectivity index (χ1n) is 8.00. The van der Waals surface area contributed by atoms with Gasteiger partial charge in [0.2, 0.25) is 5.91 Å². The van der Waals surface area contributed by atoms with Crippen LogP contribution in [0.4, 0.5) is 5.82 Å². The SMILES string of the molecule is CNC(C)C(=O)NC1C(=O)N2c3c(ccc[n+]3C1C)CC2C(N)=O. The first-order valence-corrected chi connectivity index (χ1v) is 8.00. The molecule has 8 heteroatoms. The number of nitrogens with two attached hydrogens (primary N) is 1. The Labute approximate surface area is 140 Å². The summed E-state index contributed by atoms with van der Waals surface area (Å²) in [6.07, 6.45) is 2.25. The molecule has 0 spiro atoms. The maximum Gasteiger partial charge on any atom is 0.337 e. The molecule has 0 saturated carbocycles. The van der Waals surface area contributed by atoms with Crippen LogP contribution in [-0.2, 0) is 20.8 Å². The molecule has 24 heavy (non-hydrogen) atoms. The number of rotatable bonds is 4. The van der Waals surface area contributed by atoms with E-state index in [1.54, 1.807) is 14.0 Å². The highest BCUT2D eigenvalue weighted by atomic mass is 16.2. The van der Waals surface area contributed by atoms with Gasteiger partial charge < -0.3 is 16.4 Å². The van der Waals surface area contributed by atoms with Crippen LogP contribution in [0, 0.1) is 0 Å². The zero-order chi connectivity index (χ0) is 17.6. The molecule has 0 saturated heterocycles. The number of pyridine rings is 1. The minimum absolute atomic E-state index is 0.261. The Morgan fingerprint density at radius 3 is 2.79 bits per heavy atom. The van der Waals surface area contributed by atoms with Crippen molar-refractivity contribution in [2.24, 2.45) is 5.73 Å². The second-order valence-electron chi connectivity index (χ2n) is 6.33. The van der Waals surface area contributed by atoms with Crippen LogP contribution in [0.15, 0.2) is 18.3 Å². The molecule has 3 heterocycles. The fourth-order valence-electron chi connectivity index (χ4n) is 3.37. The summed E-state index contributed by atoms with van der Waals surface area (Å²) in [6, 6.07) is 1.62. The average molecular weight is 332 g/mol. The van der Waals surface area contributed by atoms with Gasteiger partial charge in [0.25, 0.3) is 11.7 Å². The number of aromatic nitrogens is 1. The predicted molar refractivity (Wildman–Crippen MR) is 86.0 cm³/mol. The highest BCUT2D eigenvalue weighted by molar-refractivity contribution is 6.06. The molecule has 8 nitrogen and oxygen atoms in total. The van der Waals surface area contributed by atoms with Crippen molar-refractivity contribution in [1.82, 2.24) is 10.6 Å². The number of carbonyl (C=O) groups is 3. The Kier molecular flexibility index (Phi) is 4.00. The normalized spacial score (nSPS) is 26.0. The second-order valence-corrected chi connectivity index (χ2v) is 6.33. The van der Waals surface area contributed by atoms with E-state index in [1.165, 1.54) is 4.90 Å². The Morgan fingerprint density at radius 1 is 1.46 bits per heavy atom. The Hall–Kier alpha value is -2.48. The van der Waals surface area contributed by atoms with Crippen LogP contribution in [0.3, 0.4) is 0 Å². The lowest BCUT2D eigenvalue weighted by molar-refractivity contribution is -0.710. The summed E-state index contributed by atoms with van der Waals surface area (Å²) in [7, 11) is 1.68. The van der Waals surface area contributed by atoms with Crippen molar-refractivity contribution in [3.05, 3.63) is 23.9 Å². The molecule has 1 aromatic heterocycles. The summed E-state index contributed by atoms with van der Waals surface area (Å²) in [6.45, 7) is 3.59. The van der Waals surface area contributed by atoms with Crippen molar-refractivity contribution in [3.63, 3.8) is 0 Å². The number of hydrogen-bond donors (Lipinski definition) is 3. The summed E-state index contributed by atoms with van der Waals surface area (Å²) in [5.41, 5.74) is 6.40. The fraction of sp³-hybridized carbons (Fsp3) is 0.500. The third kappa shape index (κ3) is 2.34. The van der Waals surface area contributed by atoms with E-state index in [4.69, 9.17) is 5.73 Å². The van der Waals surface area contributed by atoms with Crippen molar-refractivity contribution in [3.8, 4) is 0 Å². The van der Waals surface area contributed by atoms with E-state index in [-0.39, 0.29) is 17.9 Å². The van der Waals surface area contributed by atoms with Gasteiger partial charge in [0.05, 0.1) is 12.2 Å². The van der Waals surface area contributed by atoms with Gasteiger partial charge in [0, 0.05) is 12.0 Å². The van der Waals surface area contributed by atoms with Gasteiger partial charge in [0.1, 0.15) is 6.04 Å². The summed E-state index contributed by atoms with van der Waals surface area (Å²) in [5.74, 6) is -0.411. The van der Waals surface area contributed by atoms with E-state index >= 15 is 0 Å². The Morgan fingerprint density at radius 2 is 2.17 bits per heavy atom. The third-order valence-electron chi connectivity index (χ3n) is 4.91. The standard InChI is InChI=1S/C16H21N5O3/c1-8(18-3)14(23)19-12-9(2)20-6-4-5-10-7-11(13(17)22)21(15(10)20)16(12)24/h4-6,8-9,11-12,18H,7H2,1-3H3,(H2-,17,19,22,23)/p+1. The van der Waals surface area contributed by atoms with E-state index < -0.39 is 24.0 Å². The van der Waals surface area contributed by atoms with Gasteiger partial charge in [-0.25, -0.2) is 9.36 Å². The molecule has 3 rings (SSSR count). The molecule has 4 unspecified atom stereocenters. The summed E-state index contributed by atoms with van der Waals surface area (Å²) < 4.78 is 1.93. The van der Waals surface area contributed by atoms with Gasteiger partial charge in [-0.05, 0) is 33.0 Å². The van der Waals surface area contributed by atoms with Crippen LogP contribution in [0.5, 0.6) is 0 Å². The lowest BCUT2D eigenvalue weighted by atomic mass is 10.0. The van der Waals surface area contributed by atoms with Crippen LogP contribution in [0.1, 0.15) is 25.5 Å². The van der Waals surface area contributed by atoms with Gasteiger partial charge in [-0.15, -0.1) is 0 Å². The highest BCUT2D eigenvalue weighted by Crippen LogP contribution is 2.34. The van der Waals surface area contributed by atoms with Gasteiger partial charge in [0.15, 0.2) is 12.1 Å². The molecule has 0 aliphatic carbocycles. The van der Waals surface area contributed by atoms with Crippen molar-refractivity contribution < 1.29 is 19.0 Å². The molecule has 3 amide bonds. The van der Waals surface area contributed by atoms with E-state index in [0.29, 0.717) is 12.2 Å². The van der Waals surface area contributed by atoms with E-state index in [1.807, 2.05) is 29.8 Å². The number of carbonyl (C=O) groups excluding carboxylic acids is 3. The molecule has 0 bridgehead atoms. The second kappa shape index (κ2) is 5.86. The van der Waals surface area contributed by atoms with Crippen LogP contribution >= 0.6 is 0 Å². The minimum atomic E-state index is -0.749. The van der Waals surface area contributed by atoms with Gasteiger partial charge in [-0.3, -0.25) is 9.59 Å². The first kappa shape index (κ1) is 16.4. The first-order chi connectivity index (χ1) is 11.4. The van der Waals surface area contributed by atoms with Gasteiger partial charge in [-0.1, -0.05) is 0 Å². The van der Waals surface area contributed by atoms with E-state index in [2.05, 4.69) is 10.6 Å². The number of nitrogens with zero attached hydrogens (tertiary/aromatic N) is 2. The number of hydrogen-bond acceptors (Lipinski definition) is 4. The molecule has 0 aromatic carbocycles. The van der Waals surface area contributed by atoms with Crippen molar-refractivity contribution in [2.45, 2.75) is 44.4 Å². The van der Waals surface area contributed by atoms with Crippen LogP contribution < -0.4 is 25.8 Å². The zero-order valence-corrected chi connectivity index (χ0v) is 13.9. The van der Waals surface area contributed by atoms with Crippen molar-refractivity contribution in [1.29, 1.82) is 0 Å². The molecule has 1 aromatic rings. The van der Waals surface area contributed by atoms with Crippen molar-refractivity contribution in [2.75, 3.05) is 11.9 Å². The van der Waals surface area contributed by atoms with E-state index in [0.717, 1.165) is 5.56 Å². The van der Waals surface area contributed by atoms with E-state index in [9.17, 15) is 14.4 Å².